The number of rotatable bonds is 3. The van der Waals surface area contributed by atoms with E-state index in [2.05, 4.69) is 17.2 Å². The van der Waals surface area contributed by atoms with Crippen LogP contribution < -0.4 is 10.6 Å². The van der Waals surface area contributed by atoms with Crippen molar-refractivity contribution in [2.24, 2.45) is 0 Å². The van der Waals surface area contributed by atoms with Gasteiger partial charge in [-0.05, 0) is 46.5 Å². The second-order valence-corrected chi connectivity index (χ2v) is 8.06. The Labute approximate surface area is 161 Å². The van der Waals surface area contributed by atoms with Crippen molar-refractivity contribution in [3.63, 3.8) is 0 Å². The third kappa shape index (κ3) is 2.34. The van der Waals surface area contributed by atoms with Crippen molar-refractivity contribution < 1.29 is 9.59 Å². The van der Waals surface area contributed by atoms with Crippen LogP contribution in [0, 0.1) is 0 Å². The normalized spacial score (nSPS) is 27.2. The van der Waals surface area contributed by atoms with Gasteiger partial charge in [-0.15, -0.1) is 0 Å². The van der Waals surface area contributed by atoms with Crippen LogP contribution >= 0.6 is 22.9 Å². The zero-order valence-electron chi connectivity index (χ0n) is 14.3. The number of thiophene rings is 1. The van der Waals surface area contributed by atoms with Gasteiger partial charge in [0, 0.05) is 23.0 Å². The van der Waals surface area contributed by atoms with Gasteiger partial charge in [0.15, 0.2) is 0 Å². The SMILES string of the molecule is C=C(CC)[C@H]1NC(=O)C[C@@H](c2ccsc2)[C@]12C(=O)Nc1cc(Cl)ccc12. The lowest BCUT2D eigenvalue weighted by Crippen LogP contribution is -2.62. The molecule has 3 atom stereocenters. The van der Waals surface area contributed by atoms with E-state index in [4.69, 9.17) is 11.6 Å². The van der Waals surface area contributed by atoms with Crippen molar-refractivity contribution in [1.82, 2.24) is 5.32 Å². The summed E-state index contributed by atoms with van der Waals surface area (Å²) in [6.45, 7) is 6.16. The van der Waals surface area contributed by atoms with Gasteiger partial charge in [0.2, 0.25) is 11.8 Å². The number of fused-ring (bicyclic) bond motifs is 2. The maximum atomic E-state index is 13.4. The summed E-state index contributed by atoms with van der Waals surface area (Å²) in [6.07, 6.45) is 0.943. The van der Waals surface area contributed by atoms with E-state index in [9.17, 15) is 9.59 Å². The van der Waals surface area contributed by atoms with Crippen molar-refractivity contribution in [2.75, 3.05) is 5.32 Å². The molecule has 0 saturated carbocycles. The third-order valence-electron chi connectivity index (χ3n) is 5.56. The van der Waals surface area contributed by atoms with Crippen LogP contribution in [0.2, 0.25) is 5.02 Å². The summed E-state index contributed by atoms with van der Waals surface area (Å²) in [7, 11) is 0. The maximum absolute atomic E-state index is 13.4. The fourth-order valence-corrected chi connectivity index (χ4v) is 5.21. The highest BCUT2D eigenvalue weighted by Gasteiger charge is 2.61. The Morgan fingerprint density at radius 2 is 2.19 bits per heavy atom. The molecule has 4 rings (SSSR count). The molecule has 1 aromatic carbocycles. The smallest absolute Gasteiger partial charge is 0.238 e. The standard InChI is InChI=1S/C20H19ClN2O2S/c1-3-11(2)18-20(14-5-4-13(21)8-16(14)22-19(20)25)15(9-17(24)23-18)12-6-7-26-10-12/h4-8,10,15,18H,2-3,9H2,1H3,(H,22,25)(H,23,24)/t15-,18+,20-/m0/s1. The van der Waals surface area contributed by atoms with Gasteiger partial charge in [-0.3, -0.25) is 9.59 Å². The number of anilines is 1. The number of carbonyl (C=O) groups excluding carboxylic acids is 2. The van der Waals surface area contributed by atoms with Crippen molar-refractivity contribution in [2.45, 2.75) is 37.1 Å². The van der Waals surface area contributed by atoms with Crippen LogP contribution in [0.4, 0.5) is 5.69 Å². The number of benzene rings is 1. The lowest BCUT2D eigenvalue weighted by Gasteiger charge is -2.46. The number of carbonyl (C=O) groups is 2. The number of hydrogen-bond acceptors (Lipinski definition) is 3. The molecule has 0 radical (unpaired) electrons. The van der Waals surface area contributed by atoms with Gasteiger partial charge < -0.3 is 10.6 Å². The van der Waals surface area contributed by atoms with Crippen LogP contribution in [0.25, 0.3) is 0 Å². The van der Waals surface area contributed by atoms with Crippen LogP contribution in [0.1, 0.15) is 36.8 Å². The molecular formula is C20H19ClN2O2S. The predicted molar refractivity (Wildman–Crippen MR) is 105 cm³/mol. The van der Waals surface area contributed by atoms with Crippen LogP contribution in [-0.2, 0) is 15.0 Å². The highest BCUT2D eigenvalue weighted by Crippen LogP contribution is 2.54. The van der Waals surface area contributed by atoms with E-state index >= 15 is 0 Å². The number of amides is 2. The summed E-state index contributed by atoms with van der Waals surface area (Å²) >= 11 is 7.72. The van der Waals surface area contributed by atoms with Gasteiger partial charge in [-0.2, -0.15) is 11.3 Å². The quantitative estimate of drug-likeness (QED) is 0.775. The molecule has 1 fully saturated rings. The summed E-state index contributed by atoms with van der Waals surface area (Å²) in [5.41, 5.74) is 2.53. The zero-order valence-corrected chi connectivity index (χ0v) is 15.9. The molecule has 2 amide bonds. The lowest BCUT2D eigenvalue weighted by molar-refractivity contribution is -0.130. The van der Waals surface area contributed by atoms with E-state index in [-0.39, 0.29) is 24.2 Å². The number of halogens is 1. The molecule has 6 heteroatoms. The van der Waals surface area contributed by atoms with E-state index in [1.807, 2.05) is 29.8 Å². The summed E-state index contributed by atoms with van der Waals surface area (Å²) in [5, 5.41) is 10.6. The third-order valence-corrected chi connectivity index (χ3v) is 6.50. The first-order valence-electron chi connectivity index (χ1n) is 8.59. The van der Waals surface area contributed by atoms with Crippen LogP contribution in [-0.4, -0.2) is 17.9 Å². The van der Waals surface area contributed by atoms with Crippen molar-refractivity contribution in [3.8, 4) is 0 Å². The number of nitrogens with one attached hydrogen (secondary N) is 2. The average molecular weight is 387 g/mol. The number of hydrogen-bond donors (Lipinski definition) is 2. The average Bonchev–Trinajstić information content (AvgIpc) is 3.23. The first-order chi connectivity index (χ1) is 12.5. The predicted octanol–water partition coefficient (Wildman–Crippen LogP) is 4.23. The lowest BCUT2D eigenvalue weighted by atomic mass is 9.59. The second kappa shape index (κ2) is 6.25. The van der Waals surface area contributed by atoms with Gasteiger partial charge in [-0.1, -0.05) is 36.7 Å². The molecule has 4 nitrogen and oxygen atoms in total. The van der Waals surface area contributed by atoms with Crippen LogP contribution in [0.15, 0.2) is 47.2 Å². The maximum Gasteiger partial charge on any atom is 0.238 e. The molecule has 0 aliphatic carbocycles. The summed E-state index contributed by atoms with van der Waals surface area (Å²) in [4.78, 5) is 25.9. The molecule has 0 bridgehead atoms. The molecule has 134 valence electrons. The van der Waals surface area contributed by atoms with Crippen molar-refractivity contribution in [3.05, 3.63) is 63.3 Å². The second-order valence-electron chi connectivity index (χ2n) is 6.84. The first-order valence-corrected chi connectivity index (χ1v) is 9.91. The summed E-state index contributed by atoms with van der Waals surface area (Å²) < 4.78 is 0. The van der Waals surface area contributed by atoms with Gasteiger partial charge in [0.25, 0.3) is 0 Å². The Hall–Kier alpha value is -2.11. The summed E-state index contributed by atoms with van der Waals surface area (Å²) in [5.74, 6) is -0.412. The Bertz CT molecular complexity index is 909. The fourth-order valence-electron chi connectivity index (χ4n) is 4.32. The Morgan fingerprint density at radius 3 is 2.88 bits per heavy atom. The molecule has 1 saturated heterocycles. The van der Waals surface area contributed by atoms with E-state index in [0.717, 1.165) is 16.7 Å². The van der Waals surface area contributed by atoms with E-state index in [1.54, 1.807) is 23.5 Å². The van der Waals surface area contributed by atoms with E-state index < -0.39 is 11.5 Å². The Balaban J connectivity index is 2.00. The largest absolute Gasteiger partial charge is 0.348 e. The monoisotopic (exact) mass is 386 g/mol. The molecule has 2 aliphatic rings. The van der Waals surface area contributed by atoms with Crippen molar-refractivity contribution >= 4 is 40.4 Å². The molecule has 3 heterocycles. The minimum absolute atomic E-state index is 0.0540. The molecule has 2 aliphatic heterocycles. The zero-order chi connectivity index (χ0) is 18.5. The number of piperidine rings is 1. The molecule has 26 heavy (non-hydrogen) atoms. The minimum Gasteiger partial charge on any atom is -0.348 e. The molecule has 1 aromatic heterocycles. The molecule has 2 aromatic rings. The molecule has 0 unspecified atom stereocenters. The van der Waals surface area contributed by atoms with Gasteiger partial charge in [0.05, 0.1) is 6.04 Å². The molecule has 2 N–H and O–H groups in total. The van der Waals surface area contributed by atoms with Gasteiger partial charge in [-0.25, -0.2) is 0 Å². The van der Waals surface area contributed by atoms with E-state index in [1.165, 1.54) is 0 Å². The van der Waals surface area contributed by atoms with Gasteiger partial charge >= 0.3 is 0 Å². The highest BCUT2D eigenvalue weighted by molar-refractivity contribution is 7.08. The van der Waals surface area contributed by atoms with Crippen LogP contribution in [0.5, 0.6) is 0 Å². The minimum atomic E-state index is -0.915. The van der Waals surface area contributed by atoms with Crippen molar-refractivity contribution in [1.29, 1.82) is 0 Å². The fraction of sp³-hybridized carbons (Fsp3) is 0.300. The molecule has 1 spiro atoms. The topological polar surface area (TPSA) is 58.2 Å². The van der Waals surface area contributed by atoms with Gasteiger partial charge in [0.1, 0.15) is 5.41 Å². The summed E-state index contributed by atoms with van der Waals surface area (Å²) in [6, 6.07) is 7.03. The Morgan fingerprint density at radius 1 is 1.38 bits per heavy atom. The molecular weight excluding hydrogens is 368 g/mol. The van der Waals surface area contributed by atoms with Crippen LogP contribution in [0.3, 0.4) is 0 Å². The first kappa shape index (κ1) is 17.3. The Kier molecular flexibility index (Phi) is 4.16. The van der Waals surface area contributed by atoms with E-state index in [0.29, 0.717) is 17.1 Å². The highest BCUT2D eigenvalue weighted by atomic mass is 35.5.